The number of nitrogens with zero attached hydrogens (tertiary/aromatic N) is 3. The van der Waals surface area contributed by atoms with Gasteiger partial charge in [-0.2, -0.15) is 0 Å². The average molecular weight is 435 g/mol. The van der Waals surface area contributed by atoms with Crippen LogP contribution in [0, 0.1) is 11.6 Å². The smallest absolute Gasteiger partial charge is 0.338 e. The largest absolute Gasteiger partial charge is 0.478 e. The van der Waals surface area contributed by atoms with Gasteiger partial charge in [-0.3, -0.25) is 4.55 Å². The summed E-state index contributed by atoms with van der Waals surface area (Å²) in [5, 5.41) is 8.88. The summed E-state index contributed by atoms with van der Waals surface area (Å²) in [5.41, 5.74) is -0.0382. The third-order valence-corrected chi connectivity index (χ3v) is 4.78. The van der Waals surface area contributed by atoms with Gasteiger partial charge in [0.15, 0.2) is 5.82 Å². The number of carboxylic acid groups (broad SMARTS) is 1. The van der Waals surface area contributed by atoms with Crippen molar-refractivity contribution in [2.45, 2.75) is 6.61 Å². The summed E-state index contributed by atoms with van der Waals surface area (Å²) in [6.07, 6.45) is 3.16. The first-order valence-electron chi connectivity index (χ1n) is 8.35. The van der Waals surface area contributed by atoms with Crippen molar-refractivity contribution in [1.82, 2.24) is 9.97 Å². The van der Waals surface area contributed by atoms with Crippen LogP contribution < -0.4 is 4.31 Å². The van der Waals surface area contributed by atoms with Crippen molar-refractivity contribution in [2.75, 3.05) is 11.4 Å². The van der Waals surface area contributed by atoms with Crippen LogP contribution in [0.1, 0.15) is 16.2 Å². The fourth-order valence-corrected chi connectivity index (χ4v) is 3.28. The third kappa shape index (κ3) is 4.48. The van der Waals surface area contributed by atoms with Crippen LogP contribution in [0.3, 0.4) is 0 Å². The summed E-state index contributed by atoms with van der Waals surface area (Å²) in [7, 11) is 1.52. The van der Waals surface area contributed by atoms with Crippen molar-refractivity contribution < 1.29 is 32.2 Å². The lowest BCUT2D eigenvalue weighted by Crippen LogP contribution is -2.21. The molecular formula is C19H15F2N3O5S. The van der Waals surface area contributed by atoms with E-state index in [0.717, 1.165) is 0 Å². The van der Waals surface area contributed by atoms with Crippen LogP contribution in [-0.4, -0.2) is 36.9 Å². The minimum Gasteiger partial charge on any atom is -0.478 e. The lowest BCUT2D eigenvalue weighted by Gasteiger charge is -2.21. The van der Waals surface area contributed by atoms with E-state index < -0.39 is 40.1 Å². The van der Waals surface area contributed by atoms with E-state index in [0.29, 0.717) is 33.4 Å². The SMILES string of the molecule is COCc1ncc(-c2ccc(N(c3cc(F)c(C(=O)O)cc3F)S(=O)O)cc2)cn1. The molecule has 0 aliphatic heterocycles. The van der Waals surface area contributed by atoms with E-state index in [4.69, 9.17) is 9.84 Å². The molecule has 1 unspecified atom stereocenters. The molecule has 0 fully saturated rings. The Morgan fingerprint density at radius 2 is 1.73 bits per heavy atom. The van der Waals surface area contributed by atoms with Crippen molar-refractivity contribution >= 4 is 28.6 Å². The monoisotopic (exact) mass is 435 g/mol. The molecule has 0 amide bonds. The number of benzene rings is 2. The van der Waals surface area contributed by atoms with Gasteiger partial charge in [0.25, 0.3) is 11.3 Å². The first-order valence-corrected chi connectivity index (χ1v) is 9.42. The second-order valence-electron chi connectivity index (χ2n) is 5.98. The van der Waals surface area contributed by atoms with Gasteiger partial charge in [-0.05, 0) is 23.8 Å². The number of halogens is 2. The predicted octanol–water partition coefficient (Wildman–Crippen LogP) is 3.54. The van der Waals surface area contributed by atoms with Crippen LogP contribution in [0.15, 0.2) is 48.8 Å². The molecule has 8 nitrogen and oxygen atoms in total. The van der Waals surface area contributed by atoms with Gasteiger partial charge >= 0.3 is 5.97 Å². The number of anilines is 2. The van der Waals surface area contributed by atoms with E-state index in [9.17, 15) is 22.3 Å². The molecule has 0 saturated carbocycles. The third-order valence-electron chi connectivity index (χ3n) is 4.06. The number of methoxy groups -OCH3 is 1. The van der Waals surface area contributed by atoms with Gasteiger partial charge < -0.3 is 9.84 Å². The highest BCUT2D eigenvalue weighted by Gasteiger charge is 2.23. The standard InChI is InChI=1S/C19H15F2N3O5S/c1-29-10-18-22-8-12(9-23-18)11-2-4-13(5-3-11)24(30(27)28)17-7-15(20)14(19(25)26)6-16(17)21/h2-9H,10H2,1H3,(H,25,26)(H,27,28). The maximum atomic E-state index is 14.4. The van der Waals surface area contributed by atoms with E-state index >= 15 is 0 Å². The molecule has 3 rings (SSSR count). The maximum Gasteiger partial charge on any atom is 0.338 e. The number of ether oxygens (including phenoxy) is 1. The Bertz CT molecular complexity index is 1090. The molecule has 0 aliphatic rings. The lowest BCUT2D eigenvalue weighted by atomic mass is 10.1. The van der Waals surface area contributed by atoms with E-state index in [1.54, 1.807) is 24.5 Å². The molecule has 1 heterocycles. The zero-order valence-electron chi connectivity index (χ0n) is 15.5. The van der Waals surface area contributed by atoms with Crippen LogP contribution in [0.4, 0.5) is 20.2 Å². The molecular weight excluding hydrogens is 420 g/mol. The van der Waals surface area contributed by atoms with Gasteiger partial charge in [-0.1, -0.05) is 12.1 Å². The Morgan fingerprint density at radius 1 is 1.10 bits per heavy atom. The highest BCUT2D eigenvalue weighted by molar-refractivity contribution is 7.81. The van der Waals surface area contributed by atoms with E-state index in [-0.39, 0.29) is 12.3 Å². The second-order valence-corrected chi connectivity index (χ2v) is 6.81. The highest BCUT2D eigenvalue weighted by atomic mass is 32.2. The zero-order valence-corrected chi connectivity index (χ0v) is 16.3. The average Bonchev–Trinajstić information content (AvgIpc) is 2.71. The van der Waals surface area contributed by atoms with Crippen molar-refractivity contribution in [3.05, 3.63) is 71.8 Å². The molecule has 30 heavy (non-hydrogen) atoms. The Labute approximate surface area is 172 Å². The summed E-state index contributed by atoms with van der Waals surface area (Å²) >= 11 is -2.76. The maximum absolute atomic E-state index is 14.4. The topological polar surface area (TPSA) is 113 Å². The second kappa shape index (κ2) is 9.03. The van der Waals surface area contributed by atoms with E-state index in [2.05, 4.69) is 9.97 Å². The van der Waals surface area contributed by atoms with Gasteiger partial charge in [0.1, 0.15) is 18.2 Å². The van der Waals surface area contributed by atoms with Crippen LogP contribution >= 0.6 is 0 Å². The number of aromatic carboxylic acids is 1. The highest BCUT2D eigenvalue weighted by Crippen LogP contribution is 2.32. The molecule has 0 saturated heterocycles. The van der Waals surface area contributed by atoms with Crippen molar-refractivity contribution in [3.8, 4) is 11.1 Å². The van der Waals surface area contributed by atoms with Crippen LogP contribution in [0.2, 0.25) is 0 Å². The number of carbonyl (C=O) groups is 1. The quantitative estimate of drug-likeness (QED) is 0.546. The number of hydrogen-bond acceptors (Lipinski definition) is 5. The van der Waals surface area contributed by atoms with Crippen molar-refractivity contribution in [2.24, 2.45) is 0 Å². The van der Waals surface area contributed by atoms with Gasteiger partial charge in [0, 0.05) is 31.1 Å². The zero-order chi connectivity index (χ0) is 21.8. The predicted molar refractivity (Wildman–Crippen MR) is 104 cm³/mol. The minimum absolute atomic E-state index is 0.0814. The fraction of sp³-hybridized carbons (Fsp3) is 0.105. The Kier molecular flexibility index (Phi) is 6.45. The normalized spacial score (nSPS) is 11.9. The van der Waals surface area contributed by atoms with Gasteiger partial charge in [-0.15, -0.1) is 0 Å². The van der Waals surface area contributed by atoms with Crippen LogP contribution in [-0.2, 0) is 22.6 Å². The molecule has 0 spiro atoms. The summed E-state index contributed by atoms with van der Waals surface area (Å²) < 4.78 is 55.5. The van der Waals surface area contributed by atoms with Gasteiger partial charge in [0.2, 0.25) is 0 Å². The van der Waals surface area contributed by atoms with E-state index in [1.807, 2.05) is 0 Å². The Balaban J connectivity index is 1.95. The summed E-state index contributed by atoms with van der Waals surface area (Å²) in [6.45, 7) is 0.263. The molecule has 0 aliphatic carbocycles. The van der Waals surface area contributed by atoms with Crippen LogP contribution in [0.25, 0.3) is 11.1 Å². The Morgan fingerprint density at radius 3 is 2.27 bits per heavy atom. The number of hydrogen-bond donors (Lipinski definition) is 2. The summed E-state index contributed by atoms with van der Waals surface area (Å²) in [4.78, 5) is 19.2. The molecule has 0 radical (unpaired) electrons. The van der Waals surface area contributed by atoms with Gasteiger partial charge in [0.05, 0.1) is 16.9 Å². The molecule has 156 valence electrons. The van der Waals surface area contributed by atoms with Crippen LogP contribution in [0.5, 0.6) is 0 Å². The molecule has 3 aromatic rings. The molecule has 1 aromatic heterocycles. The molecule has 1 atom stereocenters. The number of carboxylic acids is 1. The summed E-state index contributed by atoms with van der Waals surface area (Å²) in [6, 6.07) is 7.04. The van der Waals surface area contributed by atoms with E-state index in [1.165, 1.54) is 19.2 Å². The first-order chi connectivity index (χ1) is 14.3. The molecule has 11 heteroatoms. The van der Waals surface area contributed by atoms with Gasteiger partial charge in [-0.25, -0.2) is 32.1 Å². The number of rotatable bonds is 7. The fourth-order valence-electron chi connectivity index (χ4n) is 2.67. The summed E-state index contributed by atoms with van der Waals surface area (Å²) in [5.74, 6) is -3.55. The molecule has 2 N–H and O–H groups in total. The molecule has 0 bridgehead atoms. The van der Waals surface area contributed by atoms with Crippen molar-refractivity contribution in [3.63, 3.8) is 0 Å². The number of aromatic nitrogens is 2. The molecule has 2 aromatic carbocycles. The lowest BCUT2D eigenvalue weighted by molar-refractivity contribution is 0.0691. The minimum atomic E-state index is -2.76. The first kappa shape index (κ1) is 21.4. The van der Waals surface area contributed by atoms with Crippen molar-refractivity contribution in [1.29, 1.82) is 0 Å². The Hall–Kier alpha value is -3.28.